The molecule has 4 rings (SSSR count). The van der Waals surface area contributed by atoms with Gasteiger partial charge < -0.3 is 9.47 Å². The number of hydrogen-bond acceptors (Lipinski definition) is 3. The van der Waals surface area contributed by atoms with E-state index in [0.29, 0.717) is 0 Å². The summed E-state index contributed by atoms with van der Waals surface area (Å²) >= 11 is 0. The molecule has 21 heavy (non-hydrogen) atoms. The molecule has 0 atom stereocenters. The Kier molecular flexibility index (Phi) is 2.85. The van der Waals surface area contributed by atoms with Gasteiger partial charge in [0.1, 0.15) is 11.6 Å². The van der Waals surface area contributed by atoms with Gasteiger partial charge in [-0.15, -0.1) is 0 Å². The number of pyridine rings is 1. The first kappa shape index (κ1) is 12.0. The van der Waals surface area contributed by atoms with Gasteiger partial charge in [0, 0.05) is 6.20 Å². The number of fused-ring (bicyclic) bond motifs is 1. The van der Waals surface area contributed by atoms with E-state index in [1.807, 2.05) is 54.6 Å². The number of rotatable bonds is 2. The Morgan fingerprint density at radius 3 is 2.38 bits per heavy atom. The lowest BCUT2D eigenvalue weighted by molar-refractivity contribution is 0.603. The summed E-state index contributed by atoms with van der Waals surface area (Å²) in [6.07, 6.45) is 1.80. The molecule has 2 aromatic carbocycles. The Labute approximate surface area is 124 Å². The first-order valence-corrected chi connectivity index (χ1v) is 6.94. The average Bonchev–Trinajstić information content (AvgIpc) is 2.96. The number of para-hydroxylation sites is 2. The summed E-state index contributed by atoms with van der Waals surface area (Å²) in [6, 6.07) is 24.2. The summed E-state index contributed by atoms with van der Waals surface area (Å²) < 4.78 is 6.15. The maximum Gasteiger partial charge on any atom is 0.525 e. The van der Waals surface area contributed by atoms with Gasteiger partial charge in [-0.25, -0.2) is 4.98 Å². The van der Waals surface area contributed by atoms with Crippen molar-refractivity contribution in [1.29, 1.82) is 0 Å². The minimum atomic E-state index is -0.182. The third-order valence-corrected chi connectivity index (χ3v) is 3.58. The molecule has 3 aromatic rings. The highest BCUT2D eigenvalue weighted by atomic mass is 16.5. The van der Waals surface area contributed by atoms with Crippen molar-refractivity contribution in [3.8, 4) is 5.75 Å². The van der Waals surface area contributed by atoms with Gasteiger partial charge >= 0.3 is 7.05 Å². The van der Waals surface area contributed by atoms with Crippen LogP contribution >= 0.6 is 0 Å². The molecule has 0 bridgehead atoms. The molecule has 0 saturated heterocycles. The van der Waals surface area contributed by atoms with E-state index in [1.54, 1.807) is 6.20 Å². The van der Waals surface area contributed by atoms with Crippen LogP contribution in [0.3, 0.4) is 0 Å². The molecular weight excluding hydrogens is 259 g/mol. The zero-order valence-corrected chi connectivity index (χ0v) is 11.4. The summed E-state index contributed by atoms with van der Waals surface area (Å²) in [7, 11) is -0.182. The third-order valence-electron chi connectivity index (χ3n) is 3.58. The second-order valence-corrected chi connectivity index (χ2v) is 4.91. The van der Waals surface area contributed by atoms with E-state index in [4.69, 9.17) is 4.65 Å². The van der Waals surface area contributed by atoms with E-state index in [9.17, 15) is 0 Å². The zero-order chi connectivity index (χ0) is 14.1. The summed E-state index contributed by atoms with van der Waals surface area (Å²) in [5, 5.41) is 0. The van der Waals surface area contributed by atoms with Crippen molar-refractivity contribution in [3.05, 3.63) is 79.0 Å². The standard InChI is InChI=1S/C17H13BN2O/c1-2-8-14(9-3-1)18-20(17-12-6-7-13-19-17)15-10-4-5-11-16(15)21-18/h1-13H. The molecule has 0 spiro atoms. The quantitative estimate of drug-likeness (QED) is 0.670. The molecule has 0 N–H and O–H groups in total. The molecule has 1 aromatic heterocycles. The Morgan fingerprint density at radius 1 is 0.810 bits per heavy atom. The van der Waals surface area contributed by atoms with Gasteiger partial charge in [-0.05, 0) is 29.7 Å². The smallest absolute Gasteiger partial charge is 0.525 e. The van der Waals surface area contributed by atoms with Crippen molar-refractivity contribution in [2.45, 2.75) is 0 Å². The molecule has 1 aliphatic heterocycles. The monoisotopic (exact) mass is 272 g/mol. The molecule has 100 valence electrons. The molecule has 1 aliphatic rings. The normalized spacial score (nSPS) is 13.0. The first-order chi connectivity index (χ1) is 10.4. The molecule has 4 heteroatoms. The van der Waals surface area contributed by atoms with Crippen molar-refractivity contribution < 1.29 is 4.65 Å². The van der Waals surface area contributed by atoms with Crippen LogP contribution in [-0.2, 0) is 0 Å². The van der Waals surface area contributed by atoms with Crippen LogP contribution in [0.4, 0.5) is 11.5 Å². The Balaban J connectivity index is 1.85. The lowest BCUT2D eigenvalue weighted by atomic mass is 9.72. The van der Waals surface area contributed by atoms with Gasteiger partial charge in [-0.3, -0.25) is 0 Å². The number of hydrogen-bond donors (Lipinski definition) is 0. The van der Waals surface area contributed by atoms with E-state index < -0.39 is 0 Å². The van der Waals surface area contributed by atoms with Crippen LogP contribution in [-0.4, -0.2) is 12.0 Å². The van der Waals surface area contributed by atoms with E-state index >= 15 is 0 Å². The third kappa shape index (κ3) is 2.05. The highest BCUT2D eigenvalue weighted by molar-refractivity contribution is 6.74. The van der Waals surface area contributed by atoms with E-state index in [2.05, 4.69) is 28.0 Å². The Bertz CT molecular complexity index is 749. The maximum absolute atomic E-state index is 6.15. The largest absolute Gasteiger partial charge is 0.536 e. The molecule has 0 amide bonds. The fourth-order valence-corrected chi connectivity index (χ4v) is 2.63. The fourth-order valence-electron chi connectivity index (χ4n) is 2.63. The lowest BCUT2D eigenvalue weighted by Crippen LogP contribution is -2.47. The maximum atomic E-state index is 6.15. The molecule has 0 fully saturated rings. The highest BCUT2D eigenvalue weighted by Gasteiger charge is 2.39. The Morgan fingerprint density at radius 2 is 1.57 bits per heavy atom. The molecule has 0 aliphatic carbocycles. The number of nitrogens with zero attached hydrogens (tertiary/aromatic N) is 2. The molecule has 0 unspecified atom stereocenters. The van der Waals surface area contributed by atoms with Crippen molar-refractivity contribution in [3.63, 3.8) is 0 Å². The van der Waals surface area contributed by atoms with E-state index in [1.165, 1.54) is 0 Å². The molecule has 0 radical (unpaired) electrons. The summed E-state index contributed by atoms with van der Waals surface area (Å²) in [5.41, 5.74) is 2.16. The zero-order valence-electron chi connectivity index (χ0n) is 11.4. The van der Waals surface area contributed by atoms with Crippen LogP contribution in [0.1, 0.15) is 0 Å². The lowest BCUT2D eigenvalue weighted by Gasteiger charge is -2.21. The van der Waals surface area contributed by atoms with Gasteiger partial charge in [0.15, 0.2) is 0 Å². The molecule has 0 saturated carbocycles. The van der Waals surface area contributed by atoms with Crippen molar-refractivity contribution in [2.24, 2.45) is 0 Å². The summed E-state index contributed by atoms with van der Waals surface area (Å²) in [6.45, 7) is 0. The van der Waals surface area contributed by atoms with Crippen LogP contribution in [0, 0.1) is 0 Å². The highest BCUT2D eigenvalue weighted by Crippen LogP contribution is 2.39. The second-order valence-electron chi connectivity index (χ2n) is 4.91. The van der Waals surface area contributed by atoms with Gasteiger partial charge in [0.05, 0.1) is 5.69 Å². The van der Waals surface area contributed by atoms with Gasteiger partial charge in [-0.1, -0.05) is 48.5 Å². The van der Waals surface area contributed by atoms with Crippen LogP contribution in [0.5, 0.6) is 5.75 Å². The number of benzene rings is 2. The second kappa shape index (κ2) is 4.98. The van der Waals surface area contributed by atoms with Gasteiger partial charge in [0.2, 0.25) is 0 Å². The molecule has 3 nitrogen and oxygen atoms in total. The summed E-state index contributed by atoms with van der Waals surface area (Å²) in [5.74, 6) is 1.77. The number of aromatic nitrogens is 1. The van der Waals surface area contributed by atoms with Crippen molar-refractivity contribution in [1.82, 2.24) is 4.98 Å². The molecule has 2 heterocycles. The first-order valence-electron chi connectivity index (χ1n) is 6.94. The summed E-state index contributed by atoms with van der Waals surface area (Å²) in [4.78, 5) is 6.61. The fraction of sp³-hybridized carbons (Fsp3) is 0. The Hall–Kier alpha value is -2.75. The van der Waals surface area contributed by atoms with Gasteiger partial charge in [-0.2, -0.15) is 0 Å². The van der Waals surface area contributed by atoms with E-state index in [-0.39, 0.29) is 7.05 Å². The van der Waals surface area contributed by atoms with Crippen LogP contribution in [0.25, 0.3) is 0 Å². The van der Waals surface area contributed by atoms with E-state index in [0.717, 1.165) is 22.7 Å². The SMILES string of the molecule is c1ccc(B2Oc3ccccc3N2c2ccccn2)cc1. The molecular formula is C17H13BN2O. The van der Waals surface area contributed by atoms with Crippen LogP contribution in [0.15, 0.2) is 79.0 Å². The van der Waals surface area contributed by atoms with Crippen molar-refractivity contribution >= 4 is 24.0 Å². The number of anilines is 2. The van der Waals surface area contributed by atoms with Crippen molar-refractivity contribution in [2.75, 3.05) is 4.81 Å². The predicted molar refractivity (Wildman–Crippen MR) is 85.3 cm³/mol. The predicted octanol–water partition coefficient (Wildman–Crippen LogP) is 3.01. The minimum absolute atomic E-state index is 0.182. The minimum Gasteiger partial charge on any atom is -0.536 e. The van der Waals surface area contributed by atoms with Crippen LogP contribution < -0.4 is 14.9 Å². The van der Waals surface area contributed by atoms with Crippen LogP contribution in [0.2, 0.25) is 0 Å². The average molecular weight is 272 g/mol. The van der Waals surface area contributed by atoms with Gasteiger partial charge in [0.25, 0.3) is 0 Å². The topological polar surface area (TPSA) is 25.4 Å².